The molecule has 0 atom stereocenters. The van der Waals surface area contributed by atoms with E-state index in [0.29, 0.717) is 0 Å². The van der Waals surface area contributed by atoms with E-state index in [-0.39, 0.29) is 17.9 Å². The van der Waals surface area contributed by atoms with Gasteiger partial charge in [0.2, 0.25) is 0 Å². The second-order valence-corrected chi connectivity index (χ2v) is 4.63. The van der Waals surface area contributed by atoms with Crippen molar-refractivity contribution < 1.29 is 23.1 Å². The second kappa shape index (κ2) is 6.10. The summed E-state index contributed by atoms with van der Waals surface area (Å²) in [5.41, 5.74) is -1.96. The minimum atomic E-state index is -4.62. The van der Waals surface area contributed by atoms with Crippen molar-refractivity contribution in [1.82, 2.24) is 19.3 Å². The largest absolute Gasteiger partial charge is 0.480 e. The van der Waals surface area contributed by atoms with Gasteiger partial charge in [-0.3, -0.25) is 18.8 Å². The third-order valence-corrected chi connectivity index (χ3v) is 2.84. The molecular weight excluding hydrogens is 319 g/mol. The van der Waals surface area contributed by atoms with E-state index in [4.69, 9.17) is 5.11 Å². The van der Waals surface area contributed by atoms with Crippen LogP contribution in [0, 0.1) is 0 Å². The van der Waals surface area contributed by atoms with Gasteiger partial charge < -0.3 is 10.4 Å². The van der Waals surface area contributed by atoms with Crippen molar-refractivity contribution >= 4 is 11.8 Å². The number of hydrogen-bond donors (Lipinski definition) is 2. The number of rotatable bonds is 5. The lowest BCUT2D eigenvalue weighted by atomic mass is 10.2. The van der Waals surface area contributed by atoms with Gasteiger partial charge in [-0.15, -0.1) is 0 Å². The first kappa shape index (κ1) is 16.5. The Bertz CT molecular complexity index is 781. The average molecular weight is 331 g/mol. The third-order valence-electron chi connectivity index (χ3n) is 2.84. The van der Waals surface area contributed by atoms with Crippen LogP contribution in [0.1, 0.15) is 11.3 Å². The molecule has 2 rings (SSSR count). The third kappa shape index (κ3) is 3.87. The summed E-state index contributed by atoms with van der Waals surface area (Å²) in [6, 6.07) is 0. The fourth-order valence-electron chi connectivity index (χ4n) is 1.92. The van der Waals surface area contributed by atoms with Gasteiger partial charge in [-0.25, -0.2) is 4.98 Å². The summed E-state index contributed by atoms with van der Waals surface area (Å²) in [5, 5.41) is 14.5. The quantitative estimate of drug-likeness (QED) is 0.836. The number of aromatic nitrogens is 4. The lowest BCUT2D eigenvalue weighted by molar-refractivity contribution is -0.142. The smallest absolute Gasteiger partial charge is 0.435 e. The molecule has 0 saturated heterocycles. The maximum atomic E-state index is 12.8. The van der Waals surface area contributed by atoms with Gasteiger partial charge in [-0.1, -0.05) is 0 Å². The summed E-state index contributed by atoms with van der Waals surface area (Å²) in [7, 11) is 1.35. The number of carbonyl (C=O) groups is 1. The highest BCUT2D eigenvalue weighted by Gasteiger charge is 2.36. The zero-order valence-corrected chi connectivity index (χ0v) is 11.8. The Morgan fingerprint density at radius 1 is 1.43 bits per heavy atom. The molecule has 0 aliphatic heterocycles. The molecule has 0 bridgehead atoms. The molecule has 0 spiro atoms. The standard InChI is InChI=1S/C12H12F3N5O3/c1-19-5-7(9(18-19)12(13,14)15)4-17-10-11(23)20(3-2-16-10)6-8(21)22/h2-3,5H,4,6H2,1H3,(H,16,17)(H,21,22). The molecule has 8 nitrogen and oxygen atoms in total. The number of aryl methyl sites for hydroxylation is 1. The molecule has 0 aliphatic carbocycles. The molecule has 0 aliphatic rings. The van der Waals surface area contributed by atoms with Gasteiger partial charge in [0.25, 0.3) is 5.56 Å². The number of hydrogen-bond acceptors (Lipinski definition) is 5. The lowest BCUT2D eigenvalue weighted by Gasteiger charge is -2.09. The highest BCUT2D eigenvalue weighted by Crippen LogP contribution is 2.30. The molecule has 0 fully saturated rings. The first-order valence-corrected chi connectivity index (χ1v) is 6.29. The fourth-order valence-corrected chi connectivity index (χ4v) is 1.92. The number of carboxylic acids is 1. The summed E-state index contributed by atoms with van der Waals surface area (Å²) in [6.45, 7) is -0.904. The summed E-state index contributed by atoms with van der Waals surface area (Å²) in [6.07, 6.45) is -1.09. The molecule has 0 radical (unpaired) electrons. The van der Waals surface area contributed by atoms with E-state index in [1.165, 1.54) is 25.6 Å². The first-order valence-electron chi connectivity index (χ1n) is 6.29. The zero-order chi connectivity index (χ0) is 17.2. The number of aliphatic carboxylic acids is 1. The maximum absolute atomic E-state index is 12.8. The van der Waals surface area contributed by atoms with Crippen molar-refractivity contribution in [3.05, 3.63) is 40.2 Å². The number of carboxylic acid groups (broad SMARTS) is 1. The van der Waals surface area contributed by atoms with Crippen LogP contribution in [0.4, 0.5) is 19.0 Å². The normalized spacial score (nSPS) is 11.5. The molecule has 2 aromatic heterocycles. The van der Waals surface area contributed by atoms with Crippen LogP contribution in [0.2, 0.25) is 0 Å². The van der Waals surface area contributed by atoms with Crippen molar-refractivity contribution in [2.24, 2.45) is 7.05 Å². The topological polar surface area (TPSA) is 102 Å². The monoisotopic (exact) mass is 331 g/mol. The van der Waals surface area contributed by atoms with Crippen molar-refractivity contribution in [2.75, 3.05) is 5.32 Å². The van der Waals surface area contributed by atoms with E-state index in [1.807, 2.05) is 0 Å². The Morgan fingerprint density at radius 2 is 2.13 bits per heavy atom. The second-order valence-electron chi connectivity index (χ2n) is 4.63. The number of anilines is 1. The van der Waals surface area contributed by atoms with E-state index >= 15 is 0 Å². The molecule has 0 saturated carbocycles. The van der Waals surface area contributed by atoms with Crippen molar-refractivity contribution in [1.29, 1.82) is 0 Å². The van der Waals surface area contributed by atoms with Gasteiger partial charge in [-0.05, 0) is 0 Å². The molecule has 0 amide bonds. The summed E-state index contributed by atoms with van der Waals surface area (Å²) in [4.78, 5) is 26.3. The first-order chi connectivity index (χ1) is 10.7. The van der Waals surface area contributed by atoms with Crippen LogP contribution in [0.5, 0.6) is 0 Å². The Labute approximate surface area is 127 Å². The van der Waals surface area contributed by atoms with Crippen LogP contribution in [-0.4, -0.2) is 30.4 Å². The van der Waals surface area contributed by atoms with Crippen LogP contribution in [0.3, 0.4) is 0 Å². The molecule has 2 aromatic rings. The van der Waals surface area contributed by atoms with E-state index < -0.39 is 29.9 Å². The minimum absolute atomic E-state index is 0.158. The molecule has 124 valence electrons. The molecule has 0 unspecified atom stereocenters. The molecule has 2 heterocycles. The minimum Gasteiger partial charge on any atom is -0.480 e. The van der Waals surface area contributed by atoms with Gasteiger partial charge in [-0.2, -0.15) is 18.3 Å². The van der Waals surface area contributed by atoms with E-state index in [2.05, 4.69) is 15.4 Å². The summed E-state index contributed by atoms with van der Waals surface area (Å²) in [5.74, 6) is -1.47. The van der Waals surface area contributed by atoms with Crippen molar-refractivity contribution in [2.45, 2.75) is 19.3 Å². The zero-order valence-electron chi connectivity index (χ0n) is 11.8. The number of nitrogens with one attached hydrogen (secondary N) is 1. The number of alkyl halides is 3. The van der Waals surface area contributed by atoms with Crippen molar-refractivity contribution in [3.63, 3.8) is 0 Å². The summed E-state index contributed by atoms with van der Waals surface area (Å²) >= 11 is 0. The van der Waals surface area contributed by atoms with E-state index in [0.717, 1.165) is 9.25 Å². The Balaban J connectivity index is 2.23. The molecule has 11 heteroatoms. The van der Waals surface area contributed by atoms with Gasteiger partial charge in [0.05, 0.1) is 0 Å². The maximum Gasteiger partial charge on any atom is 0.435 e. The van der Waals surface area contributed by atoms with Gasteiger partial charge in [0.1, 0.15) is 6.54 Å². The average Bonchev–Trinajstić information content (AvgIpc) is 2.80. The number of halogens is 3. The highest BCUT2D eigenvalue weighted by molar-refractivity contribution is 5.66. The molecule has 2 N–H and O–H groups in total. The van der Waals surface area contributed by atoms with Crippen LogP contribution in [0.15, 0.2) is 23.4 Å². The molecule has 23 heavy (non-hydrogen) atoms. The van der Waals surface area contributed by atoms with Crippen LogP contribution in [0.25, 0.3) is 0 Å². The summed E-state index contributed by atoms with van der Waals surface area (Å²) < 4.78 is 40.4. The highest BCUT2D eigenvalue weighted by atomic mass is 19.4. The van der Waals surface area contributed by atoms with Gasteiger partial charge >= 0.3 is 12.1 Å². The number of nitrogens with zero attached hydrogens (tertiary/aromatic N) is 4. The Morgan fingerprint density at radius 3 is 2.74 bits per heavy atom. The Kier molecular flexibility index (Phi) is 4.38. The fraction of sp³-hybridized carbons (Fsp3) is 0.333. The molecular formula is C12H12F3N5O3. The van der Waals surface area contributed by atoms with Crippen molar-refractivity contribution in [3.8, 4) is 0 Å². The van der Waals surface area contributed by atoms with Crippen LogP contribution < -0.4 is 10.9 Å². The Hall–Kier alpha value is -2.85. The predicted octanol–water partition coefficient (Wildman–Crippen LogP) is 0.692. The molecule has 0 aromatic carbocycles. The lowest BCUT2D eigenvalue weighted by Crippen LogP contribution is -2.27. The van der Waals surface area contributed by atoms with Crippen LogP contribution in [-0.2, 0) is 31.1 Å². The van der Waals surface area contributed by atoms with Gasteiger partial charge in [0.15, 0.2) is 11.5 Å². The van der Waals surface area contributed by atoms with E-state index in [9.17, 15) is 22.8 Å². The van der Waals surface area contributed by atoms with Gasteiger partial charge in [0, 0.05) is 37.7 Å². The van der Waals surface area contributed by atoms with Crippen LogP contribution >= 0.6 is 0 Å². The predicted molar refractivity (Wildman–Crippen MR) is 71.7 cm³/mol. The van der Waals surface area contributed by atoms with E-state index in [1.54, 1.807) is 0 Å². The SMILES string of the molecule is Cn1cc(CNc2nccn(CC(=O)O)c2=O)c(C(F)(F)F)n1.